The summed E-state index contributed by atoms with van der Waals surface area (Å²) in [6.07, 6.45) is 2.31. The Labute approximate surface area is 130 Å². The molecule has 0 heterocycles. The molecule has 0 radical (unpaired) electrons. The van der Waals surface area contributed by atoms with Crippen LogP contribution in [0, 0.1) is 17.8 Å². The molecule has 0 saturated heterocycles. The van der Waals surface area contributed by atoms with Gasteiger partial charge < -0.3 is 9.47 Å². The van der Waals surface area contributed by atoms with Crippen LogP contribution >= 0.6 is 0 Å². The van der Waals surface area contributed by atoms with Gasteiger partial charge in [-0.2, -0.15) is 0 Å². The molecular formula is C18H20O4. The Hall–Kier alpha value is -2.28. The fourth-order valence-electron chi connectivity index (χ4n) is 2.03. The van der Waals surface area contributed by atoms with Crippen LogP contribution in [-0.4, -0.2) is 25.2 Å². The highest BCUT2D eigenvalue weighted by Crippen LogP contribution is 2.27. The van der Waals surface area contributed by atoms with Crippen molar-refractivity contribution < 1.29 is 19.1 Å². The number of carbonyl (C=O) groups is 2. The molecule has 0 aliphatic heterocycles. The molecule has 0 amide bonds. The summed E-state index contributed by atoms with van der Waals surface area (Å²) >= 11 is 0. The highest BCUT2D eigenvalue weighted by Gasteiger charge is 2.31. The molecule has 22 heavy (non-hydrogen) atoms. The van der Waals surface area contributed by atoms with Crippen molar-refractivity contribution in [3.63, 3.8) is 0 Å². The zero-order valence-electron chi connectivity index (χ0n) is 12.9. The van der Waals surface area contributed by atoms with Crippen LogP contribution in [0.25, 0.3) is 0 Å². The molecule has 4 heteroatoms. The summed E-state index contributed by atoms with van der Waals surface area (Å²) in [6, 6.07) is 7.14. The summed E-state index contributed by atoms with van der Waals surface area (Å²) in [6.45, 7) is 3.85. The molecule has 1 aliphatic rings. The first kappa shape index (κ1) is 16.1. The minimum Gasteiger partial charge on any atom is -0.465 e. The lowest BCUT2D eigenvalue weighted by molar-refractivity contribution is -0.156. The van der Waals surface area contributed by atoms with E-state index in [1.54, 1.807) is 32.0 Å². The van der Waals surface area contributed by atoms with E-state index in [4.69, 9.17) is 9.47 Å². The first-order valence-corrected chi connectivity index (χ1v) is 7.60. The largest absolute Gasteiger partial charge is 0.465 e. The van der Waals surface area contributed by atoms with Crippen molar-refractivity contribution in [2.45, 2.75) is 32.6 Å². The van der Waals surface area contributed by atoms with Gasteiger partial charge >= 0.3 is 11.9 Å². The third-order valence-corrected chi connectivity index (χ3v) is 3.26. The van der Waals surface area contributed by atoms with Crippen molar-refractivity contribution in [3.8, 4) is 11.8 Å². The van der Waals surface area contributed by atoms with E-state index in [1.807, 2.05) is 6.07 Å². The Morgan fingerprint density at radius 1 is 1.18 bits per heavy atom. The Balaban J connectivity index is 2.26. The number of ether oxygens (including phenoxy) is 2. The summed E-state index contributed by atoms with van der Waals surface area (Å²) in [5.74, 6) is 4.52. The number of esters is 2. The lowest BCUT2D eigenvalue weighted by Gasteiger charge is -2.14. The van der Waals surface area contributed by atoms with Gasteiger partial charge in [0, 0.05) is 11.5 Å². The Bertz CT molecular complexity index is 587. The summed E-state index contributed by atoms with van der Waals surface area (Å²) in [7, 11) is 0. The van der Waals surface area contributed by atoms with Crippen LogP contribution in [0.5, 0.6) is 0 Å². The highest BCUT2D eigenvalue weighted by molar-refractivity contribution is 6.00. The molecule has 4 nitrogen and oxygen atoms in total. The Kier molecular flexibility index (Phi) is 5.60. The summed E-state index contributed by atoms with van der Waals surface area (Å²) in [5, 5.41) is 0. The second-order valence-corrected chi connectivity index (χ2v) is 5.11. The van der Waals surface area contributed by atoms with Crippen LogP contribution in [0.4, 0.5) is 0 Å². The van der Waals surface area contributed by atoms with E-state index in [2.05, 4.69) is 11.8 Å². The van der Waals surface area contributed by atoms with Gasteiger partial charge in [-0.05, 0) is 44.4 Å². The maximum absolute atomic E-state index is 12.1. The van der Waals surface area contributed by atoms with Gasteiger partial charge in [-0.15, -0.1) is 0 Å². The summed E-state index contributed by atoms with van der Waals surface area (Å²) in [4.78, 5) is 24.2. The van der Waals surface area contributed by atoms with Crippen LogP contribution in [0.1, 0.15) is 43.7 Å². The fourth-order valence-corrected chi connectivity index (χ4v) is 2.03. The van der Waals surface area contributed by atoms with Gasteiger partial charge in [-0.3, -0.25) is 9.59 Å². The maximum atomic E-state index is 12.1. The van der Waals surface area contributed by atoms with Gasteiger partial charge in [0.25, 0.3) is 0 Å². The molecule has 0 unspecified atom stereocenters. The van der Waals surface area contributed by atoms with Crippen molar-refractivity contribution in [2.75, 3.05) is 13.2 Å². The van der Waals surface area contributed by atoms with Crippen LogP contribution in [0.15, 0.2) is 24.3 Å². The molecule has 0 spiro atoms. The lowest BCUT2D eigenvalue weighted by atomic mass is 9.97. The maximum Gasteiger partial charge on any atom is 0.324 e. The second kappa shape index (κ2) is 7.65. The van der Waals surface area contributed by atoms with Crippen molar-refractivity contribution in [2.24, 2.45) is 5.92 Å². The fraction of sp³-hybridized carbons (Fsp3) is 0.444. The topological polar surface area (TPSA) is 52.6 Å². The molecule has 1 saturated carbocycles. The number of carbonyl (C=O) groups excluding carboxylic acids is 2. The van der Waals surface area contributed by atoms with Crippen molar-refractivity contribution >= 4 is 11.9 Å². The first-order valence-electron chi connectivity index (χ1n) is 7.60. The van der Waals surface area contributed by atoms with E-state index in [-0.39, 0.29) is 13.2 Å². The predicted octanol–water partition coefficient (Wildman–Crippen LogP) is 2.66. The number of hydrogen-bond acceptors (Lipinski definition) is 4. The predicted molar refractivity (Wildman–Crippen MR) is 82.1 cm³/mol. The molecule has 0 N–H and O–H groups in total. The average molecular weight is 300 g/mol. The molecule has 0 bridgehead atoms. The molecule has 0 atom stereocenters. The van der Waals surface area contributed by atoms with Crippen LogP contribution < -0.4 is 0 Å². The van der Waals surface area contributed by atoms with Gasteiger partial charge in [-0.25, -0.2) is 0 Å². The summed E-state index contributed by atoms with van der Waals surface area (Å²) in [5.41, 5.74) is 1.35. The van der Waals surface area contributed by atoms with E-state index in [0.717, 1.165) is 18.4 Å². The standard InChI is InChI=1S/C18H20O4/c1-3-21-17(19)16(18(20)22-4-2)15-7-5-6-14(12-15)11-10-13-8-9-13/h5-7,12-13,16H,3-4,8-9H2,1-2H3. The van der Waals surface area contributed by atoms with E-state index in [1.165, 1.54) is 0 Å². The SMILES string of the molecule is CCOC(=O)C(C(=O)OCC)c1cccc(C#CC2CC2)c1. The third kappa shape index (κ3) is 4.36. The minimum atomic E-state index is -1.05. The molecule has 1 aromatic rings. The van der Waals surface area contributed by atoms with Gasteiger partial charge in [0.1, 0.15) is 0 Å². The van der Waals surface area contributed by atoms with Crippen molar-refractivity contribution in [1.29, 1.82) is 0 Å². The van der Waals surface area contributed by atoms with E-state index in [9.17, 15) is 9.59 Å². The van der Waals surface area contributed by atoms with Gasteiger partial charge in [0.2, 0.25) is 0 Å². The van der Waals surface area contributed by atoms with Gasteiger partial charge in [0.15, 0.2) is 5.92 Å². The number of hydrogen-bond donors (Lipinski definition) is 0. The van der Waals surface area contributed by atoms with Crippen LogP contribution in [-0.2, 0) is 19.1 Å². The van der Waals surface area contributed by atoms with E-state index >= 15 is 0 Å². The third-order valence-electron chi connectivity index (χ3n) is 3.26. The minimum absolute atomic E-state index is 0.218. The van der Waals surface area contributed by atoms with Gasteiger partial charge in [-0.1, -0.05) is 24.0 Å². The van der Waals surface area contributed by atoms with Crippen molar-refractivity contribution in [3.05, 3.63) is 35.4 Å². The lowest BCUT2D eigenvalue weighted by Crippen LogP contribution is -2.26. The monoisotopic (exact) mass is 300 g/mol. The van der Waals surface area contributed by atoms with Crippen molar-refractivity contribution in [1.82, 2.24) is 0 Å². The quantitative estimate of drug-likeness (QED) is 0.476. The normalized spacial score (nSPS) is 13.2. The highest BCUT2D eigenvalue weighted by atomic mass is 16.6. The first-order chi connectivity index (χ1) is 10.7. The van der Waals surface area contributed by atoms with E-state index < -0.39 is 17.9 Å². The van der Waals surface area contributed by atoms with Crippen LogP contribution in [0.3, 0.4) is 0 Å². The molecule has 1 aliphatic carbocycles. The van der Waals surface area contributed by atoms with Gasteiger partial charge in [0.05, 0.1) is 13.2 Å². The molecule has 116 valence electrons. The number of benzene rings is 1. The Morgan fingerprint density at radius 2 is 1.82 bits per heavy atom. The second-order valence-electron chi connectivity index (χ2n) is 5.11. The number of rotatable bonds is 5. The molecule has 1 fully saturated rings. The zero-order valence-corrected chi connectivity index (χ0v) is 12.9. The Morgan fingerprint density at radius 3 is 2.36 bits per heavy atom. The molecular weight excluding hydrogens is 280 g/mol. The molecule has 2 rings (SSSR count). The zero-order chi connectivity index (χ0) is 15.9. The molecule has 0 aromatic heterocycles. The smallest absolute Gasteiger partial charge is 0.324 e. The summed E-state index contributed by atoms with van der Waals surface area (Å²) < 4.78 is 10.00. The van der Waals surface area contributed by atoms with E-state index in [0.29, 0.717) is 11.5 Å². The van der Waals surface area contributed by atoms with Crippen LogP contribution in [0.2, 0.25) is 0 Å². The molecule has 1 aromatic carbocycles. The average Bonchev–Trinajstić information content (AvgIpc) is 3.31.